The van der Waals surface area contributed by atoms with E-state index in [1.54, 1.807) is 18.9 Å². The Labute approximate surface area is 159 Å². The van der Waals surface area contributed by atoms with Crippen LogP contribution in [0.4, 0.5) is 19.0 Å². The smallest absolute Gasteiger partial charge is 0.406 e. The number of halogens is 4. The van der Waals surface area contributed by atoms with Gasteiger partial charge in [-0.3, -0.25) is 4.90 Å². The van der Waals surface area contributed by atoms with Crippen molar-refractivity contribution in [2.75, 3.05) is 11.9 Å². The highest BCUT2D eigenvalue weighted by molar-refractivity contribution is 9.10. The van der Waals surface area contributed by atoms with Crippen LogP contribution in [0.15, 0.2) is 29.0 Å². The van der Waals surface area contributed by atoms with Gasteiger partial charge >= 0.3 is 6.36 Å². The fraction of sp³-hybridized carbons (Fsp3) is 0.333. The van der Waals surface area contributed by atoms with E-state index < -0.39 is 6.36 Å². The Balaban J connectivity index is 0.00000163. The molecule has 0 saturated heterocycles. The molecule has 1 heterocycles. The third-order valence-electron chi connectivity index (χ3n) is 3.05. The van der Waals surface area contributed by atoms with Gasteiger partial charge in [-0.15, -0.1) is 13.2 Å². The number of rotatable bonds is 3. The molecule has 140 valence electrons. The lowest BCUT2D eigenvalue weighted by Gasteiger charge is -2.16. The minimum atomic E-state index is -4.72. The molecular formula is C18H19BrF3N3O. The SMILES string of the molecule is CC.CC#CN(C)c1nc(Br)nc(-c2ccc(OC(F)(F)F)cc2)c1C. The first-order valence-electron chi connectivity index (χ1n) is 7.77. The molecular weight excluding hydrogens is 411 g/mol. The quantitative estimate of drug-likeness (QED) is 0.363. The van der Waals surface area contributed by atoms with Crippen LogP contribution < -0.4 is 9.64 Å². The van der Waals surface area contributed by atoms with Gasteiger partial charge in [-0.25, -0.2) is 9.97 Å². The van der Waals surface area contributed by atoms with Gasteiger partial charge in [-0.05, 0) is 54.0 Å². The van der Waals surface area contributed by atoms with E-state index in [-0.39, 0.29) is 5.75 Å². The summed E-state index contributed by atoms with van der Waals surface area (Å²) in [6.07, 6.45) is -4.72. The molecule has 0 aliphatic heterocycles. The summed E-state index contributed by atoms with van der Waals surface area (Å²) < 4.78 is 40.9. The van der Waals surface area contributed by atoms with Gasteiger partial charge in [0, 0.05) is 24.2 Å². The highest BCUT2D eigenvalue weighted by Crippen LogP contribution is 2.31. The molecule has 0 aliphatic rings. The van der Waals surface area contributed by atoms with Gasteiger partial charge in [0.05, 0.1) is 5.69 Å². The summed E-state index contributed by atoms with van der Waals surface area (Å²) in [7, 11) is 1.77. The number of alkyl halides is 3. The summed E-state index contributed by atoms with van der Waals surface area (Å²) >= 11 is 3.25. The van der Waals surface area contributed by atoms with Gasteiger partial charge in [-0.1, -0.05) is 19.8 Å². The van der Waals surface area contributed by atoms with E-state index in [0.717, 1.165) is 5.56 Å². The van der Waals surface area contributed by atoms with Crippen LogP contribution in [0.2, 0.25) is 0 Å². The van der Waals surface area contributed by atoms with Crippen LogP contribution in [-0.2, 0) is 0 Å². The Morgan fingerprint density at radius 3 is 2.19 bits per heavy atom. The average molecular weight is 430 g/mol. The van der Waals surface area contributed by atoms with E-state index in [0.29, 0.717) is 21.8 Å². The second-order valence-corrected chi connectivity index (χ2v) is 5.49. The van der Waals surface area contributed by atoms with E-state index in [9.17, 15) is 13.2 Å². The molecule has 1 aromatic heterocycles. The van der Waals surface area contributed by atoms with Crippen LogP contribution in [0.5, 0.6) is 5.75 Å². The van der Waals surface area contributed by atoms with Crippen molar-refractivity contribution >= 4 is 21.7 Å². The van der Waals surface area contributed by atoms with Crippen molar-refractivity contribution in [1.82, 2.24) is 9.97 Å². The van der Waals surface area contributed by atoms with E-state index in [2.05, 4.69) is 42.6 Å². The topological polar surface area (TPSA) is 38.2 Å². The zero-order valence-corrected chi connectivity index (χ0v) is 16.7. The Bertz CT molecular complexity index is 796. The van der Waals surface area contributed by atoms with Crippen LogP contribution in [0.3, 0.4) is 0 Å². The molecule has 0 aliphatic carbocycles. The standard InChI is InChI=1S/C16H13BrF3N3O.C2H6/c1-4-9-23(3)14-10(2)13(21-15(17)22-14)11-5-7-12(8-6-11)24-16(18,19)20;1-2/h5-8H,1-3H3;1-2H3. The Morgan fingerprint density at radius 1 is 1.12 bits per heavy atom. The molecule has 2 aromatic rings. The number of benzene rings is 1. The first-order valence-corrected chi connectivity index (χ1v) is 8.57. The van der Waals surface area contributed by atoms with E-state index >= 15 is 0 Å². The molecule has 0 bridgehead atoms. The number of hydrogen-bond donors (Lipinski definition) is 0. The van der Waals surface area contributed by atoms with Crippen molar-refractivity contribution < 1.29 is 17.9 Å². The zero-order valence-electron chi connectivity index (χ0n) is 15.1. The summed E-state index contributed by atoms with van der Waals surface area (Å²) in [6.45, 7) is 7.54. The zero-order chi connectivity index (χ0) is 19.9. The summed E-state index contributed by atoms with van der Waals surface area (Å²) in [5, 5.41) is 0. The lowest BCUT2D eigenvalue weighted by Crippen LogP contribution is -2.17. The Morgan fingerprint density at radius 2 is 1.69 bits per heavy atom. The lowest BCUT2D eigenvalue weighted by molar-refractivity contribution is -0.274. The first kappa shape index (κ1) is 21.8. The van der Waals surface area contributed by atoms with Crippen molar-refractivity contribution in [3.05, 3.63) is 34.6 Å². The maximum absolute atomic E-state index is 12.2. The van der Waals surface area contributed by atoms with Crippen LogP contribution >= 0.6 is 15.9 Å². The number of nitrogens with zero attached hydrogens (tertiary/aromatic N) is 3. The maximum atomic E-state index is 12.2. The molecule has 0 atom stereocenters. The molecule has 26 heavy (non-hydrogen) atoms. The summed E-state index contributed by atoms with van der Waals surface area (Å²) in [6, 6.07) is 8.38. The predicted molar refractivity (Wildman–Crippen MR) is 99.8 cm³/mol. The average Bonchev–Trinajstić information content (AvgIpc) is 2.58. The Hall–Kier alpha value is -2.27. The molecule has 0 saturated carbocycles. The van der Waals surface area contributed by atoms with E-state index in [4.69, 9.17) is 0 Å². The highest BCUT2D eigenvalue weighted by Gasteiger charge is 2.31. The molecule has 0 N–H and O–H groups in total. The molecule has 0 fully saturated rings. The van der Waals surface area contributed by atoms with Gasteiger partial charge < -0.3 is 4.74 Å². The molecule has 0 unspecified atom stereocenters. The number of ether oxygens (including phenoxy) is 1. The van der Waals surface area contributed by atoms with Gasteiger partial charge in [0.15, 0.2) is 4.73 Å². The molecule has 0 amide bonds. The maximum Gasteiger partial charge on any atom is 0.573 e. The minimum absolute atomic E-state index is 0.286. The third-order valence-corrected chi connectivity index (χ3v) is 3.41. The summed E-state index contributed by atoms with van der Waals surface area (Å²) in [4.78, 5) is 10.3. The largest absolute Gasteiger partial charge is 0.573 e. The lowest BCUT2D eigenvalue weighted by atomic mass is 10.1. The fourth-order valence-electron chi connectivity index (χ4n) is 2.12. The number of hydrogen-bond acceptors (Lipinski definition) is 4. The summed E-state index contributed by atoms with van der Waals surface area (Å²) in [5.74, 6) is 3.10. The highest BCUT2D eigenvalue weighted by atomic mass is 79.9. The number of anilines is 1. The van der Waals surface area contributed by atoms with Crippen LogP contribution in [-0.4, -0.2) is 23.4 Å². The number of aromatic nitrogens is 2. The van der Waals surface area contributed by atoms with Crippen LogP contribution in [0, 0.1) is 18.9 Å². The molecule has 8 heteroatoms. The second kappa shape index (κ2) is 9.43. The normalized spacial score (nSPS) is 10.2. The van der Waals surface area contributed by atoms with Crippen LogP contribution in [0.1, 0.15) is 26.3 Å². The second-order valence-electron chi connectivity index (χ2n) is 4.78. The van der Waals surface area contributed by atoms with E-state index in [1.165, 1.54) is 24.3 Å². The first-order chi connectivity index (χ1) is 12.2. The Kier molecular flexibility index (Phi) is 7.90. The minimum Gasteiger partial charge on any atom is -0.406 e. The van der Waals surface area contributed by atoms with Gasteiger partial charge in [0.1, 0.15) is 11.6 Å². The molecule has 4 nitrogen and oxygen atoms in total. The molecule has 0 spiro atoms. The van der Waals surface area contributed by atoms with Gasteiger partial charge in [0.25, 0.3) is 0 Å². The monoisotopic (exact) mass is 429 g/mol. The van der Waals surface area contributed by atoms with E-state index in [1.807, 2.05) is 20.8 Å². The van der Waals surface area contributed by atoms with Crippen molar-refractivity contribution in [1.29, 1.82) is 0 Å². The van der Waals surface area contributed by atoms with Crippen molar-refractivity contribution in [2.24, 2.45) is 0 Å². The van der Waals surface area contributed by atoms with Crippen molar-refractivity contribution in [3.8, 4) is 29.0 Å². The molecule has 0 radical (unpaired) electrons. The van der Waals surface area contributed by atoms with Gasteiger partial charge in [0.2, 0.25) is 0 Å². The fourth-order valence-corrected chi connectivity index (χ4v) is 2.47. The van der Waals surface area contributed by atoms with Crippen LogP contribution in [0.25, 0.3) is 11.3 Å². The molecule has 1 aromatic carbocycles. The summed E-state index contributed by atoms with van der Waals surface area (Å²) in [5.41, 5.74) is 1.99. The third kappa shape index (κ3) is 5.92. The predicted octanol–water partition coefficient (Wildman–Crippen LogP) is 5.56. The van der Waals surface area contributed by atoms with Crippen molar-refractivity contribution in [3.63, 3.8) is 0 Å². The van der Waals surface area contributed by atoms with Gasteiger partial charge in [-0.2, -0.15) is 0 Å². The molecule has 2 rings (SSSR count). The van der Waals surface area contributed by atoms with Crippen molar-refractivity contribution in [2.45, 2.75) is 34.1 Å².